The number of aliphatic hydroxyl groups excluding tert-OH is 1. The first-order valence-corrected chi connectivity index (χ1v) is 11.0. The van der Waals surface area contributed by atoms with Crippen LogP contribution in [0.5, 0.6) is 0 Å². The number of amides is 3. The number of fused-ring (bicyclic) bond motifs is 3. The second-order valence-electron chi connectivity index (χ2n) is 8.49. The van der Waals surface area contributed by atoms with Crippen LogP contribution < -0.4 is 4.90 Å². The number of anilines is 1. The van der Waals surface area contributed by atoms with Crippen LogP contribution in [0.3, 0.4) is 0 Å². The van der Waals surface area contributed by atoms with E-state index >= 15 is 0 Å². The van der Waals surface area contributed by atoms with Gasteiger partial charge in [-0.1, -0.05) is 0 Å². The van der Waals surface area contributed by atoms with Gasteiger partial charge in [0.25, 0.3) is 0 Å². The molecule has 0 spiro atoms. The predicted molar refractivity (Wildman–Crippen MR) is 121 cm³/mol. The number of nitrogens with zero attached hydrogens (tertiary/aromatic N) is 7. The molecule has 5 rings (SSSR count). The molecule has 3 amide bonds. The highest BCUT2D eigenvalue weighted by Gasteiger charge is 2.37. The fraction of sp³-hybridized carbons (Fsp3) is 0.391. The zero-order valence-corrected chi connectivity index (χ0v) is 18.6. The standard InChI is InChI=1S/C23H25N7O3/c1-14(32)29-7-5-17(6-8-29)30-22-16(12-28(2)23(30)33)11-24-19-4-3-18(27-21(19)22)15-9-25-20(13-31)26-10-15/h3-4,9-11,17,31H,5-8,12-13H2,1-2H3. The number of pyridine rings is 2. The molecule has 1 N–H and O–H groups in total. The molecular formula is C23H25N7O3. The second kappa shape index (κ2) is 8.36. The molecule has 2 aliphatic rings. The summed E-state index contributed by atoms with van der Waals surface area (Å²) in [5, 5.41) is 9.21. The minimum absolute atomic E-state index is 0.0298. The summed E-state index contributed by atoms with van der Waals surface area (Å²) in [5.41, 5.74) is 4.47. The van der Waals surface area contributed by atoms with E-state index in [1.165, 1.54) is 0 Å². The van der Waals surface area contributed by atoms with E-state index in [0.717, 1.165) is 11.3 Å². The quantitative estimate of drug-likeness (QED) is 0.652. The van der Waals surface area contributed by atoms with Gasteiger partial charge >= 0.3 is 6.03 Å². The molecule has 10 heteroatoms. The maximum Gasteiger partial charge on any atom is 0.324 e. The van der Waals surface area contributed by atoms with Gasteiger partial charge in [0.05, 0.1) is 23.4 Å². The summed E-state index contributed by atoms with van der Waals surface area (Å²) < 4.78 is 0. The molecule has 0 aromatic carbocycles. The van der Waals surface area contributed by atoms with Crippen LogP contribution in [-0.4, -0.2) is 73.0 Å². The molecule has 0 atom stereocenters. The summed E-state index contributed by atoms with van der Waals surface area (Å²) in [5.74, 6) is 0.404. The maximum atomic E-state index is 13.4. The number of hydrogen-bond donors (Lipinski definition) is 1. The summed E-state index contributed by atoms with van der Waals surface area (Å²) in [4.78, 5) is 48.3. The van der Waals surface area contributed by atoms with Crippen molar-refractivity contribution in [3.63, 3.8) is 0 Å². The number of aromatic nitrogens is 4. The molecule has 1 saturated heterocycles. The van der Waals surface area contributed by atoms with Gasteiger partial charge in [-0.25, -0.2) is 19.7 Å². The highest BCUT2D eigenvalue weighted by Crippen LogP contribution is 2.37. The van der Waals surface area contributed by atoms with Gasteiger partial charge in [0.15, 0.2) is 5.82 Å². The summed E-state index contributed by atoms with van der Waals surface area (Å²) in [7, 11) is 1.79. The lowest BCUT2D eigenvalue weighted by molar-refractivity contribution is -0.129. The minimum atomic E-state index is -0.226. The Labute approximate surface area is 190 Å². The average Bonchev–Trinajstić information content (AvgIpc) is 2.84. The number of hydrogen-bond acceptors (Lipinski definition) is 7. The molecule has 0 radical (unpaired) electrons. The molecule has 10 nitrogen and oxygen atoms in total. The number of rotatable bonds is 3. The summed E-state index contributed by atoms with van der Waals surface area (Å²) >= 11 is 0. The molecule has 2 aliphatic heterocycles. The highest BCUT2D eigenvalue weighted by molar-refractivity contribution is 6.04. The Morgan fingerprint density at radius 2 is 1.85 bits per heavy atom. The SMILES string of the molecule is CC(=O)N1CCC(N2C(=O)N(C)Cc3cnc4ccc(-c5cnc(CO)nc5)nc4c32)CC1. The first kappa shape index (κ1) is 21.2. The molecule has 0 aliphatic carbocycles. The van der Waals surface area contributed by atoms with Crippen molar-refractivity contribution in [2.24, 2.45) is 0 Å². The maximum absolute atomic E-state index is 13.4. The number of carbonyl (C=O) groups excluding carboxylic acids is 2. The van der Waals surface area contributed by atoms with Crippen LogP contribution in [-0.2, 0) is 17.9 Å². The van der Waals surface area contributed by atoms with Crippen LogP contribution >= 0.6 is 0 Å². The molecule has 1 fully saturated rings. The molecule has 3 aromatic heterocycles. The molecule has 170 valence electrons. The lowest BCUT2D eigenvalue weighted by Crippen LogP contribution is -2.54. The van der Waals surface area contributed by atoms with Crippen LogP contribution in [0.2, 0.25) is 0 Å². The first-order chi connectivity index (χ1) is 16.0. The van der Waals surface area contributed by atoms with Gasteiger partial charge in [0.1, 0.15) is 12.1 Å². The summed E-state index contributed by atoms with van der Waals surface area (Å²) in [6.45, 7) is 3.06. The minimum Gasteiger partial charge on any atom is -0.388 e. The van der Waals surface area contributed by atoms with Crippen LogP contribution in [0.4, 0.5) is 10.5 Å². The van der Waals surface area contributed by atoms with Crippen LogP contribution in [0.25, 0.3) is 22.3 Å². The van der Waals surface area contributed by atoms with Gasteiger partial charge < -0.3 is 14.9 Å². The molecule has 33 heavy (non-hydrogen) atoms. The Morgan fingerprint density at radius 1 is 1.12 bits per heavy atom. The largest absolute Gasteiger partial charge is 0.388 e. The van der Waals surface area contributed by atoms with Crippen LogP contribution in [0, 0.1) is 0 Å². The normalized spacial score (nSPS) is 16.9. The molecule has 3 aromatic rings. The van der Waals surface area contributed by atoms with Gasteiger partial charge in [0.2, 0.25) is 5.91 Å². The van der Waals surface area contributed by atoms with E-state index < -0.39 is 0 Å². The van der Waals surface area contributed by atoms with E-state index in [1.54, 1.807) is 31.3 Å². The zero-order valence-electron chi connectivity index (χ0n) is 18.6. The number of aliphatic hydroxyl groups is 1. The monoisotopic (exact) mass is 447 g/mol. The van der Waals surface area contributed by atoms with E-state index in [2.05, 4.69) is 15.0 Å². The Morgan fingerprint density at radius 3 is 2.52 bits per heavy atom. The van der Waals surface area contributed by atoms with Crippen molar-refractivity contribution in [1.82, 2.24) is 29.7 Å². The van der Waals surface area contributed by atoms with Gasteiger partial charge in [-0.15, -0.1) is 0 Å². The van der Waals surface area contributed by atoms with Gasteiger partial charge in [-0.2, -0.15) is 0 Å². The van der Waals surface area contributed by atoms with E-state index in [-0.39, 0.29) is 24.6 Å². The lowest BCUT2D eigenvalue weighted by Gasteiger charge is -2.43. The molecule has 0 unspecified atom stereocenters. The number of carbonyl (C=O) groups is 2. The van der Waals surface area contributed by atoms with E-state index in [4.69, 9.17) is 4.98 Å². The smallest absolute Gasteiger partial charge is 0.324 e. The van der Waals surface area contributed by atoms with Gasteiger partial charge in [-0.05, 0) is 25.0 Å². The van der Waals surface area contributed by atoms with E-state index in [0.29, 0.717) is 60.6 Å². The fourth-order valence-electron chi connectivity index (χ4n) is 4.59. The van der Waals surface area contributed by atoms with E-state index in [1.807, 2.05) is 28.1 Å². The Kier molecular flexibility index (Phi) is 5.37. The zero-order chi connectivity index (χ0) is 23.1. The average molecular weight is 447 g/mol. The third kappa shape index (κ3) is 3.76. The topological polar surface area (TPSA) is 116 Å². The third-order valence-electron chi connectivity index (χ3n) is 6.36. The Hall–Kier alpha value is -3.66. The van der Waals surface area contributed by atoms with E-state index in [9.17, 15) is 14.7 Å². The Bertz CT molecular complexity index is 1220. The fourth-order valence-corrected chi connectivity index (χ4v) is 4.59. The molecule has 0 saturated carbocycles. The highest BCUT2D eigenvalue weighted by atomic mass is 16.3. The Balaban J connectivity index is 1.59. The van der Waals surface area contributed by atoms with Crippen LogP contribution in [0.1, 0.15) is 31.2 Å². The van der Waals surface area contributed by atoms with Crippen molar-refractivity contribution in [3.8, 4) is 11.3 Å². The van der Waals surface area contributed by atoms with Crippen LogP contribution in [0.15, 0.2) is 30.7 Å². The summed E-state index contributed by atoms with van der Waals surface area (Å²) in [6.07, 6.45) is 6.49. The van der Waals surface area contributed by atoms with Gasteiger partial charge in [-0.3, -0.25) is 14.7 Å². The third-order valence-corrected chi connectivity index (χ3v) is 6.36. The molecular weight excluding hydrogens is 422 g/mol. The van der Waals surface area contributed by atoms with Crippen molar-refractivity contribution in [2.45, 2.75) is 39.0 Å². The van der Waals surface area contributed by atoms with Crippen molar-refractivity contribution < 1.29 is 14.7 Å². The summed E-state index contributed by atoms with van der Waals surface area (Å²) in [6, 6.07) is 3.64. The number of likely N-dealkylation sites (tertiary alicyclic amines) is 1. The molecule has 5 heterocycles. The van der Waals surface area contributed by atoms with Crippen molar-refractivity contribution >= 4 is 28.7 Å². The first-order valence-electron chi connectivity index (χ1n) is 11.0. The predicted octanol–water partition coefficient (Wildman–Crippen LogP) is 1.96. The van der Waals surface area contributed by atoms with Gasteiger partial charge in [0, 0.05) is 62.8 Å². The lowest BCUT2D eigenvalue weighted by atomic mass is 9.99. The van der Waals surface area contributed by atoms with Crippen molar-refractivity contribution in [1.29, 1.82) is 0 Å². The molecule has 0 bridgehead atoms. The number of piperidine rings is 1. The number of urea groups is 1. The second-order valence-corrected chi connectivity index (χ2v) is 8.49. The van der Waals surface area contributed by atoms with Crippen molar-refractivity contribution in [2.75, 3.05) is 25.0 Å². The van der Waals surface area contributed by atoms with Crippen molar-refractivity contribution in [3.05, 3.63) is 42.1 Å².